The molecule has 16 heavy (non-hydrogen) atoms. The summed E-state index contributed by atoms with van der Waals surface area (Å²) in [4.78, 5) is 12.7. The van der Waals surface area contributed by atoms with E-state index in [-0.39, 0.29) is 5.78 Å². The lowest BCUT2D eigenvalue weighted by atomic mass is 10.1. The van der Waals surface area contributed by atoms with Gasteiger partial charge in [-0.2, -0.15) is 5.10 Å². The van der Waals surface area contributed by atoms with E-state index in [0.29, 0.717) is 10.6 Å². The molecule has 0 aliphatic heterocycles. The lowest BCUT2D eigenvalue weighted by molar-refractivity contribution is 0.103. The molecule has 0 aliphatic rings. The second-order valence-corrected chi connectivity index (χ2v) is 4.26. The van der Waals surface area contributed by atoms with Crippen LogP contribution in [0.25, 0.3) is 0 Å². The van der Waals surface area contributed by atoms with Crippen molar-refractivity contribution in [2.45, 2.75) is 19.8 Å². The average Bonchev–Trinajstić information content (AvgIpc) is 2.87. The highest BCUT2D eigenvalue weighted by Crippen LogP contribution is 2.16. The van der Waals surface area contributed by atoms with Gasteiger partial charge in [-0.05, 0) is 24.0 Å². The highest BCUT2D eigenvalue weighted by atomic mass is 32.1. The molecule has 0 bridgehead atoms. The molecule has 0 fully saturated rings. The number of aromatic nitrogens is 4. The second-order valence-electron chi connectivity index (χ2n) is 3.50. The summed E-state index contributed by atoms with van der Waals surface area (Å²) < 4.78 is 5.44. The number of hydrogen-bond acceptors (Lipinski definition) is 5. The highest BCUT2D eigenvalue weighted by molar-refractivity contribution is 7.08. The minimum Gasteiger partial charge on any atom is -0.286 e. The van der Waals surface area contributed by atoms with E-state index in [1.54, 1.807) is 24.0 Å². The van der Waals surface area contributed by atoms with E-state index in [1.165, 1.54) is 0 Å². The molecule has 2 rings (SSSR count). The molecule has 0 atom stereocenters. The number of rotatable bonds is 4. The SMILES string of the molecule is CCCc1nnsc1C(=O)c1ccn(C)n1. The Bertz CT molecular complexity index is 502. The predicted octanol–water partition coefficient (Wildman–Crippen LogP) is 1.46. The van der Waals surface area contributed by atoms with Crippen molar-refractivity contribution in [2.24, 2.45) is 7.05 Å². The van der Waals surface area contributed by atoms with Gasteiger partial charge in [0.2, 0.25) is 5.78 Å². The molecule has 84 valence electrons. The fourth-order valence-corrected chi connectivity index (χ4v) is 2.09. The Morgan fingerprint density at radius 3 is 3.00 bits per heavy atom. The maximum Gasteiger partial charge on any atom is 0.226 e. The second kappa shape index (κ2) is 4.52. The van der Waals surface area contributed by atoms with Gasteiger partial charge < -0.3 is 0 Å². The van der Waals surface area contributed by atoms with E-state index >= 15 is 0 Å². The third kappa shape index (κ3) is 2.01. The van der Waals surface area contributed by atoms with Crippen molar-refractivity contribution in [1.29, 1.82) is 0 Å². The summed E-state index contributed by atoms with van der Waals surface area (Å²) in [7, 11) is 1.79. The summed E-state index contributed by atoms with van der Waals surface area (Å²) in [6, 6.07) is 1.71. The fraction of sp³-hybridized carbons (Fsp3) is 0.400. The standard InChI is InChI=1S/C10H12N4OS/c1-3-4-8-10(16-13-11-8)9(15)7-5-6-14(2)12-7/h5-6H,3-4H2,1-2H3. The topological polar surface area (TPSA) is 60.7 Å². The minimum atomic E-state index is -0.0842. The molecule has 0 aromatic carbocycles. The molecule has 0 spiro atoms. The minimum absolute atomic E-state index is 0.0842. The van der Waals surface area contributed by atoms with Gasteiger partial charge in [0.25, 0.3) is 0 Å². The van der Waals surface area contributed by atoms with Crippen LogP contribution < -0.4 is 0 Å². The molecule has 0 saturated carbocycles. The summed E-state index contributed by atoms with van der Waals surface area (Å²) in [6.07, 6.45) is 3.49. The van der Waals surface area contributed by atoms with Crippen LogP contribution >= 0.6 is 11.5 Å². The van der Waals surface area contributed by atoms with Crippen molar-refractivity contribution in [3.8, 4) is 0 Å². The lowest BCUT2D eigenvalue weighted by Gasteiger charge is -1.95. The van der Waals surface area contributed by atoms with Gasteiger partial charge >= 0.3 is 0 Å². The monoisotopic (exact) mass is 236 g/mol. The van der Waals surface area contributed by atoms with Gasteiger partial charge in [-0.3, -0.25) is 9.48 Å². The first kappa shape index (κ1) is 10.9. The first-order chi connectivity index (χ1) is 7.72. The third-order valence-corrected chi connectivity index (χ3v) is 2.96. The highest BCUT2D eigenvalue weighted by Gasteiger charge is 2.19. The zero-order chi connectivity index (χ0) is 11.5. The van der Waals surface area contributed by atoms with Crippen molar-refractivity contribution < 1.29 is 4.79 Å². The Kier molecular flexibility index (Phi) is 3.09. The molecular weight excluding hydrogens is 224 g/mol. The quantitative estimate of drug-likeness (QED) is 0.754. The largest absolute Gasteiger partial charge is 0.286 e. The molecule has 2 aromatic heterocycles. The van der Waals surface area contributed by atoms with Crippen LogP contribution in [0.15, 0.2) is 12.3 Å². The zero-order valence-corrected chi connectivity index (χ0v) is 9.99. The predicted molar refractivity (Wildman–Crippen MR) is 60.5 cm³/mol. The molecule has 5 nitrogen and oxygen atoms in total. The van der Waals surface area contributed by atoms with Crippen molar-refractivity contribution >= 4 is 17.3 Å². The van der Waals surface area contributed by atoms with E-state index in [9.17, 15) is 4.79 Å². The number of carbonyl (C=O) groups excluding carboxylic acids is 1. The van der Waals surface area contributed by atoms with Gasteiger partial charge in [-0.25, -0.2) is 0 Å². The zero-order valence-electron chi connectivity index (χ0n) is 9.17. The summed E-state index contributed by atoms with van der Waals surface area (Å²) in [5, 5.41) is 8.06. The molecule has 0 radical (unpaired) electrons. The number of nitrogens with zero attached hydrogens (tertiary/aromatic N) is 4. The Morgan fingerprint density at radius 1 is 1.56 bits per heavy atom. The van der Waals surface area contributed by atoms with E-state index in [2.05, 4.69) is 14.7 Å². The van der Waals surface area contributed by atoms with Crippen molar-refractivity contribution in [2.75, 3.05) is 0 Å². The van der Waals surface area contributed by atoms with Crippen LogP contribution in [0.2, 0.25) is 0 Å². The van der Waals surface area contributed by atoms with E-state index in [1.807, 2.05) is 6.92 Å². The van der Waals surface area contributed by atoms with Gasteiger partial charge in [0.1, 0.15) is 10.6 Å². The summed E-state index contributed by atoms with van der Waals surface area (Å²) in [5.41, 5.74) is 1.23. The number of hydrogen-bond donors (Lipinski definition) is 0. The molecule has 0 saturated heterocycles. The maximum absolute atomic E-state index is 12.1. The van der Waals surface area contributed by atoms with E-state index < -0.39 is 0 Å². The third-order valence-electron chi connectivity index (χ3n) is 2.20. The van der Waals surface area contributed by atoms with Crippen LogP contribution in [0.1, 0.15) is 34.4 Å². The van der Waals surface area contributed by atoms with E-state index in [0.717, 1.165) is 30.1 Å². The molecule has 2 aromatic rings. The molecule has 0 unspecified atom stereocenters. The maximum atomic E-state index is 12.1. The van der Waals surface area contributed by atoms with Crippen molar-refractivity contribution in [1.82, 2.24) is 19.4 Å². The number of carbonyl (C=O) groups is 1. The molecule has 0 N–H and O–H groups in total. The van der Waals surface area contributed by atoms with Gasteiger partial charge in [0.05, 0.1) is 5.69 Å². The molecule has 2 heterocycles. The van der Waals surface area contributed by atoms with Gasteiger partial charge in [0.15, 0.2) is 0 Å². The van der Waals surface area contributed by atoms with Crippen LogP contribution in [-0.2, 0) is 13.5 Å². The first-order valence-electron chi connectivity index (χ1n) is 5.08. The molecule has 0 aliphatic carbocycles. The van der Waals surface area contributed by atoms with Crippen molar-refractivity contribution in [3.05, 3.63) is 28.5 Å². The molecule has 0 amide bonds. The van der Waals surface area contributed by atoms with Crippen LogP contribution in [0.4, 0.5) is 0 Å². The first-order valence-corrected chi connectivity index (χ1v) is 5.85. The fourth-order valence-electron chi connectivity index (χ4n) is 1.43. The summed E-state index contributed by atoms with van der Waals surface area (Å²) >= 11 is 1.14. The van der Waals surface area contributed by atoms with Crippen LogP contribution in [0, 0.1) is 0 Å². The smallest absolute Gasteiger partial charge is 0.226 e. The Hall–Kier alpha value is -1.56. The summed E-state index contributed by atoms with van der Waals surface area (Å²) in [6.45, 7) is 2.05. The lowest BCUT2D eigenvalue weighted by Crippen LogP contribution is -2.04. The molecular formula is C10H12N4OS. The van der Waals surface area contributed by atoms with Crippen LogP contribution in [0.5, 0.6) is 0 Å². The Balaban J connectivity index is 2.30. The molecule has 6 heteroatoms. The Labute approximate surface area is 97.3 Å². The van der Waals surface area contributed by atoms with Gasteiger partial charge in [0, 0.05) is 13.2 Å². The Morgan fingerprint density at radius 2 is 2.38 bits per heavy atom. The van der Waals surface area contributed by atoms with E-state index in [4.69, 9.17) is 0 Å². The van der Waals surface area contributed by atoms with Crippen LogP contribution in [-0.4, -0.2) is 25.2 Å². The summed E-state index contributed by atoms with van der Waals surface area (Å²) in [5.74, 6) is -0.0842. The van der Waals surface area contributed by atoms with Gasteiger partial charge in [-0.15, -0.1) is 5.10 Å². The average molecular weight is 236 g/mol. The number of ketones is 1. The number of aryl methyl sites for hydroxylation is 2. The van der Waals surface area contributed by atoms with Gasteiger partial charge in [-0.1, -0.05) is 17.8 Å². The van der Waals surface area contributed by atoms with Crippen molar-refractivity contribution in [3.63, 3.8) is 0 Å². The normalized spacial score (nSPS) is 10.6. The van der Waals surface area contributed by atoms with Crippen LogP contribution in [0.3, 0.4) is 0 Å².